The van der Waals surface area contributed by atoms with Crippen molar-refractivity contribution in [3.8, 4) is 0 Å². The zero-order valence-electron chi connectivity index (χ0n) is 11.3. The second kappa shape index (κ2) is 6.50. The van der Waals surface area contributed by atoms with E-state index in [-0.39, 0.29) is 11.3 Å². The molecular weight excluding hydrogens is 228 g/mol. The number of aromatic nitrogens is 1. The molecule has 4 nitrogen and oxygen atoms in total. The van der Waals surface area contributed by atoms with E-state index in [1.54, 1.807) is 12.4 Å². The average Bonchev–Trinajstić information content (AvgIpc) is 2.35. The molecular formula is C14H22N2O2. The summed E-state index contributed by atoms with van der Waals surface area (Å²) in [5, 5.41) is 12.2. The van der Waals surface area contributed by atoms with Crippen LogP contribution in [-0.4, -0.2) is 29.1 Å². The Labute approximate surface area is 108 Å². The molecule has 2 N–H and O–H groups in total. The van der Waals surface area contributed by atoms with Crippen molar-refractivity contribution >= 4 is 5.97 Å². The minimum atomic E-state index is -0.730. The SMILES string of the molecule is CCC(CNCC(C)(C)c1ccncc1)C(=O)O. The third-order valence-electron chi connectivity index (χ3n) is 3.26. The molecule has 1 heterocycles. The molecule has 0 aliphatic heterocycles. The maximum absolute atomic E-state index is 10.9. The molecule has 0 radical (unpaired) electrons. The van der Waals surface area contributed by atoms with E-state index in [9.17, 15) is 4.79 Å². The Morgan fingerprint density at radius 1 is 1.44 bits per heavy atom. The molecule has 18 heavy (non-hydrogen) atoms. The number of pyridine rings is 1. The van der Waals surface area contributed by atoms with Crippen LogP contribution in [0.2, 0.25) is 0 Å². The van der Waals surface area contributed by atoms with Crippen molar-refractivity contribution in [2.24, 2.45) is 5.92 Å². The molecule has 100 valence electrons. The summed E-state index contributed by atoms with van der Waals surface area (Å²) < 4.78 is 0. The molecule has 0 fully saturated rings. The van der Waals surface area contributed by atoms with Crippen molar-refractivity contribution in [1.82, 2.24) is 10.3 Å². The highest BCUT2D eigenvalue weighted by molar-refractivity contribution is 5.70. The summed E-state index contributed by atoms with van der Waals surface area (Å²) in [6.45, 7) is 7.43. The summed E-state index contributed by atoms with van der Waals surface area (Å²) in [4.78, 5) is 14.9. The van der Waals surface area contributed by atoms with E-state index in [0.29, 0.717) is 13.0 Å². The molecule has 1 rings (SSSR count). The molecule has 0 amide bonds. The fourth-order valence-corrected chi connectivity index (χ4v) is 1.87. The van der Waals surface area contributed by atoms with E-state index in [2.05, 4.69) is 24.1 Å². The predicted molar refractivity (Wildman–Crippen MR) is 71.5 cm³/mol. The first-order valence-corrected chi connectivity index (χ1v) is 6.31. The van der Waals surface area contributed by atoms with Crippen molar-refractivity contribution in [3.05, 3.63) is 30.1 Å². The Bertz CT molecular complexity index is 377. The molecule has 1 aromatic rings. The van der Waals surface area contributed by atoms with Crippen molar-refractivity contribution in [2.75, 3.05) is 13.1 Å². The summed E-state index contributed by atoms with van der Waals surface area (Å²) in [5.41, 5.74) is 1.17. The molecule has 0 bridgehead atoms. The molecule has 0 aliphatic carbocycles. The van der Waals surface area contributed by atoms with Gasteiger partial charge in [-0.05, 0) is 24.1 Å². The second-order valence-corrected chi connectivity index (χ2v) is 5.19. The Hall–Kier alpha value is -1.42. The Morgan fingerprint density at radius 2 is 2.06 bits per heavy atom. The maximum Gasteiger partial charge on any atom is 0.307 e. The molecule has 4 heteroatoms. The van der Waals surface area contributed by atoms with Crippen LogP contribution in [0.1, 0.15) is 32.8 Å². The van der Waals surface area contributed by atoms with Crippen LogP contribution in [0.4, 0.5) is 0 Å². The Balaban J connectivity index is 2.50. The quantitative estimate of drug-likeness (QED) is 0.777. The second-order valence-electron chi connectivity index (χ2n) is 5.19. The Kier molecular flexibility index (Phi) is 5.28. The average molecular weight is 250 g/mol. The van der Waals surface area contributed by atoms with Gasteiger partial charge >= 0.3 is 5.97 Å². The van der Waals surface area contributed by atoms with Gasteiger partial charge in [0.2, 0.25) is 0 Å². The van der Waals surface area contributed by atoms with Crippen molar-refractivity contribution in [2.45, 2.75) is 32.6 Å². The predicted octanol–water partition coefficient (Wildman–Crippen LogP) is 2.06. The topological polar surface area (TPSA) is 62.2 Å². The molecule has 1 aromatic heterocycles. The van der Waals surface area contributed by atoms with Crippen LogP contribution in [0.3, 0.4) is 0 Å². The highest BCUT2D eigenvalue weighted by atomic mass is 16.4. The van der Waals surface area contributed by atoms with Crippen molar-refractivity contribution in [1.29, 1.82) is 0 Å². The number of carboxylic acid groups (broad SMARTS) is 1. The van der Waals surface area contributed by atoms with Gasteiger partial charge in [0, 0.05) is 30.9 Å². The number of hydrogen-bond donors (Lipinski definition) is 2. The summed E-state index contributed by atoms with van der Waals surface area (Å²) in [5.74, 6) is -1.04. The van der Waals surface area contributed by atoms with Gasteiger partial charge in [0.25, 0.3) is 0 Å². The maximum atomic E-state index is 10.9. The fraction of sp³-hybridized carbons (Fsp3) is 0.571. The van der Waals surface area contributed by atoms with Gasteiger partial charge in [-0.2, -0.15) is 0 Å². The minimum absolute atomic E-state index is 0.0280. The largest absolute Gasteiger partial charge is 0.481 e. The molecule has 0 aromatic carbocycles. The molecule has 1 atom stereocenters. The van der Waals surface area contributed by atoms with Gasteiger partial charge in [0.15, 0.2) is 0 Å². The van der Waals surface area contributed by atoms with Crippen LogP contribution in [0.25, 0.3) is 0 Å². The number of nitrogens with one attached hydrogen (secondary N) is 1. The highest BCUT2D eigenvalue weighted by Gasteiger charge is 2.21. The standard InChI is InChI=1S/C14H22N2O2/c1-4-11(13(17)18)9-16-10-14(2,3)12-5-7-15-8-6-12/h5-8,11,16H,4,9-10H2,1-3H3,(H,17,18). The van der Waals surface area contributed by atoms with E-state index < -0.39 is 5.97 Å². The summed E-state index contributed by atoms with van der Waals surface area (Å²) >= 11 is 0. The van der Waals surface area contributed by atoms with Gasteiger partial charge in [0.05, 0.1) is 5.92 Å². The summed E-state index contributed by atoms with van der Waals surface area (Å²) in [6, 6.07) is 3.99. The highest BCUT2D eigenvalue weighted by Crippen LogP contribution is 2.21. The number of nitrogens with zero attached hydrogens (tertiary/aromatic N) is 1. The number of carbonyl (C=O) groups is 1. The molecule has 1 unspecified atom stereocenters. The van der Waals surface area contributed by atoms with Crippen molar-refractivity contribution in [3.63, 3.8) is 0 Å². The normalized spacial score (nSPS) is 13.3. The lowest BCUT2D eigenvalue weighted by atomic mass is 9.85. The lowest BCUT2D eigenvalue weighted by Crippen LogP contribution is -2.37. The van der Waals surface area contributed by atoms with Gasteiger partial charge in [-0.1, -0.05) is 20.8 Å². The van der Waals surface area contributed by atoms with E-state index >= 15 is 0 Å². The van der Waals surface area contributed by atoms with Crippen LogP contribution in [0.5, 0.6) is 0 Å². The Morgan fingerprint density at radius 3 is 2.56 bits per heavy atom. The van der Waals surface area contributed by atoms with Gasteiger partial charge in [-0.3, -0.25) is 9.78 Å². The fourth-order valence-electron chi connectivity index (χ4n) is 1.87. The summed E-state index contributed by atoms with van der Waals surface area (Å²) in [7, 11) is 0. The number of carboxylic acids is 1. The molecule has 0 spiro atoms. The lowest BCUT2D eigenvalue weighted by molar-refractivity contribution is -0.141. The number of rotatable bonds is 7. The smallest absolute Gasteiger partial charge is 0.307 e. The van der Waals surface area contributed by atoms with E-state index in [4.69, 9.17) is 5.11 Å². The summed E-state index contributed by atoms with van der Waals surface area (Å²) in [6.07, 6.45) is 4.21. The number of aliphatic carboxylic acids is 1. The van der Waals surface area contributed by atoms with E-state index in [1.807, 2.05) is 19.1 Å². The van der Waals surface area contributed by atoms with Crippen LogP contribution < -0.4 is 5.32 Å². The molecule has 0 saturated heterocycles. The third-order valence-corrected chi connectivity index (χ3v) is 3.26. The first kappa shape index (κ1) is 14.6. The van der Waals surface area contributed by atoms with Gasteiger partial charge < -0.3 is 10.4 Å². The van der Waals surface area contributed by atoms with Crippen LogP contribution >= 0.6 is 0 Å². The van der Waals surface area contributed by atoms with Crippen LogP contribution in [-0.2, 0) is 10.2 Å². The minimum Gasteiger partial charge on any atom is -0.481 e. The third kappa shape index (κ3) is 4.11. The van der Waals surface area contributed by atoms with Gasteiger partial charge in [-0.15, -0.1) is 0 Å². The van der Waals surface area contributed by atoms with Crippen LogP contribution in [0.15, 0.2) is 24.5 Å². The van der Waals surface area contributed by atoms with Crippen molar-refractivity contribution < 1.29 is 9.90 Å². The molecule has 0 aliphatic rings. The first-order chi connectivity index (χ1) is 8.47. The van der Waals surface area contributed by atoms with Crippen LogP contribution in [0, 0.1) is 5.92 Å². The number of hydrogen-bond acceptors (Lipinski definition) is 3. The molecule has 0 saturated carbocycles. The lowest BCUT2D eigenvalue weighted by Gasteiger charge is -2.26. The zero-order valence-corrected chi connectivity index (χ0v) is 11.3. The van der Waals surface area contributed by atoms with Gasteiger partial charge in [-0.25, -0.2) is 0 Å². The zero-order chi connectivity index (χ0) is 13.6. The van der Waals surface area contributed by atoms with Gasteiger partial charge in [0.1, 0.15) is 0 Å². The first-order valence-electron chi connectivity index (χ1n) is 6.31. The van der Waals surface area contributed by atoms with E-state index in [0.717, 1.165) is 6.54 Å². The van der Waals surface area contributed by atoms with E-state index in [1.165, 1.54) is 5.56 Å². The monoisotopic (exact) mass is 250 g/mol.